The highest BCUT2D eigenvalue weighted by atomic mass is 35.5. The maximum atomic E-state index is 11.6. The molecular weight excluding hydrogens is 251 g/mol. The maximum Gasteiger partial charge on any atom is 0.337 e. The SMILES string of the molecule is COC(=O)c1ccc(Cl)c(C(=O)CCCl)c1. The number of hydrogen-bond acceptors (Lipinski definition) is 3. The van der Waals surface area contributed by atoms with Crippen LogP contribution < -0.4 is 0 Å². The third-order valence-corrected chi connectivity index (χ3v) is 2.53. The van der Waals surface area contributed by atoms with E-state index in [-0.39, 0.29) is 18.1 Å². The zero-order valence-corrected chi connectivity index (χ0v) is 10.1. The Labute approximate surface area is 103 Å². The topological polar surface area (TPSA) is 43.4 Å². The van der Waals surface area contributed by atoms with Crippen LogP contribution in [0.2, 0.25) is 5.02 Å². The number of benzene rings is 1. The Hall–Kier alpha value is -1.06. The van der Waals surface area contributed by atoms with Crippen molar-refractivity contribution in [2.24, 2.45) is 0 Å². The Bertz CT molecular complexity index is 416. The molecule has 0 aliphatic rings. The molecule has 0 aliphatic carbocycles. The first-order valence-corrected chi connectivity index (χ1v) is 5.48. The van der Waals surface area contributed by atoms with Gasteiger partial charge in [-0.15, -0.1) is 11.6 Å². The number of Topliss-reactive ketones (excluding diaryl/α,β-unsaturated/α-hetero) is 1. The summed E-state index contributed by atoms with van der Waals surface area (Å²) in [6, 6.07) is 4.42. The molecule has 0 radical (unpaired) electrons. The van der Waals surface area contributed by atoms with Crippen LogP contribution >= 0.6 is 23.2 Å². The average Bonchev–Trinajstić information content (AvgIpc) is 2.29. The third kappa shape index (κ3) is 2.97. The van der Waals surface area contributed by atoms with Crippen LogP contribution in [0.25, 0.3) is 0 Å². The summed E-state index contributed by atoms with van der Waals surface area (Å²) in [4.78, 5) is 22.9. The number of carbonyl (C=O) groups is 2. The first-order chi connectivity index (χ1) is 7.60. The van der Waals surface area contributed by atoms with E-state index < -0.39 is 5.97 Å². The van der Waals surface area contributed by atoms with Crippen molar-refractivity contribution >= 4 is 35.0 Å². The number of rotatable bonds is 4. The smallest absolute Gasteiger partial charge is 0.337 e. The van der Waals surface area contributed by atoms with E-state index in [0.717, 1.165) is 0 Å². The van der Waals surface area contributed by atoms with E-state index in [0.29, 0.717) is 16.1 Å². The van der Waals surface area contributed by atoms with Crippen LogP contribution in [0, 0.1) is 0 Å². The molecule has 0 amide bonds. The van der Waals surface area contributed by atoms with Crippen molar-refractivity contribution in [2.45, 2.75) is 6.42 Å². The molecule has 0 saturated carbocycles. The van der Waals surface area contributed by atoms with Crippen molar-refractivity contribution in [3.05, 3.63) is 34.3 Å². The fourth-order valence-electron chi connectivity index (χ4n) is 1.20. The van der Waals surface area contributed by atoms with Gasteiger partial charge in [0.05, 0.1) is 17.7 Å². The highest BCUT2D eigenvalue weighted by Crippen LogP contribution is 2.20. The molecule has 0 saturated heterocycles. The van der Waals surface area contributed by atoms with Crippen LogP contribution in [0.1, 0.15) is 27.1 Å². The number of esters is 1. The van der Waals surface area contributed by atoms with E-state index in [9.17, 15) is 9.59 Å². The van der Waals surface area contributed by atoms with Gasteiger partial charge < -0.3 is 4.74 Å². The molecule has 0 aliphatic heterocycles. The summed E-state index contributed by atoms with van der Waals surface area (Å²) in [6.07, 6.45) is 0.186. The fraction of sp³-hybridized carbons (Fsp3) is 0.273. The monoisotopic (exact) mass is 260 g/mol. The normalized spacial score (nSPS) is 9.94. The van der Waals surface area contributed by atoms with Gasteiger partial charge in [-0.3, -0.25) is 4.79 Å². The van der Waals surface area contributed by atoms with Crippen LogP contribution in [0.3, 0.4) is 0 Å². The second-order valence-corrected chi connectivity index (χ2v) is 3.83. The van der Waals surface area contributed by atoms with Gasteiger partial charge in [0.1, 0.15) is 0 Å². The molecule has 3 nitrogen and oxygen atoms in total. The predicted molar refractivity (Wildman–Crippen MR) is 62.5 cm³/mol. The number of carbonyl (C=O) groups excluding carboxylic acids is 2. The van der Waals surface area contributed by atoms with Gasteiger partial charge in [0, 0.05) is 17.9 Å². The highest BCUT2D eigenvalue weighted by molar-refractivity contribution is 6.34. The third-order valence-electron chi connectivity index (χ3n) is 2.01. The Morgan fingerprint density at radius 3 is 2.62 bits per heavy atom. The molecule has 0 fully saturated rings. The van der Waals surface area contributed by atoms with Crippen LogP contribution in [-0.2, 0) is 4.74 Å². The zero-order valence-electron chi connectivity index (χ0n) is 8.63. The summed E-state index contributed by atoms with van der Waals surface area (Å²) in [5, 5.41) is 0.308. The van der Waals surface area contributed by atoms with Crippen molar-refractivity contribution in [3.63, 3.8) is 0 Å². The summed E-state index contributed by atoms with van der Waals surface area (Å²) in [7, 11) is 1.27. The molecule has 0 spiro atoms. The Morgan fingerprint density at radius 2 is 2.06 bits per heavy atom. The van der Waals surface area contributed by atoms with Gasteiger partial charge >= 0.3 is 5.97 Å². The van der Waals surface area contributed by atoms with Gasteiger partial charge in [-0.1, -0.05) is 11.6 Å². The molecule has 1 aromatic carbocycles. The summed E-state index contributed by atoms with van der Waals surface area (Å²) >= 11 is 11.3. The standard InChI is InChI=1S/C11H10Cl2O3/c1-16-11(15)7-2-3-9(13)8(6-7)10(14)4-5-12/h2-3,6H,4-5H2,1H3. The molecule has 0 aromatic heterocycles. The minimum atomic E-state index is -0.503. The number of ether oxygens (including phenoxy) is 1. The summed E-state index contributed by atoms with van der Waals surface area (Å²) in [5.41, 5.74) is 0.593. The van der Waals surface area contributed by atoms with Crippen LogP contribution in [0.5, 0.6) is 0 Å². The average molecular weight is 261 g/mol. The van der Waals surface area contributed by atoms with Crippen molar-refractivity contribution in [1.82, 2.24) is 0 Å². The van der Waals surface area contributed by atoms with Gasteiger partial charge in [0.15, 0.2) is 5.78 Å². The lowest BCUT2D eigenvalue weighted by Crippen LogP contribution is -2.06. The summed E-state index contributed by atoms with van der Waals surface area (Å²) < 4.78 is 4.55. The number of hydrogen-bond donors (Lipinski definition) is 0. The molecule has 0 bridgehead atoms. The molecule has 16 heavy (non-hydrogen) atoms. The molecule has 86 valence electrons. The minimum Gasteiger partial charge on any atom is -0.465 e. The molecular formula is C11H10Cl2O3. The van der Waals surface area contributed by atoms with Crippen molar-refractivity contribution in [2.75, 3.05) is 13.0 Å². The quantitative estimate of drug-likeness (QED) is 0.475. The fourth-order valence-corrected chi connectivity index (χ4v) is 1.60. The minimum absolute atomic E-state index is 0.186. The zero-order chi connectivity index (χ0) is 12.1. The molecule has 0 N–H and O–H groups in total. The first kappa shape index (κ1) is 13.0. The molecule has 0 atom stereocenters. The number of methoxy groups -OCH3 is 1. The Balaban J connectivity index is 3.08. The van der Waals surface area contributed by atoms with Gasteiger partial charge in [-0.25, -0.2) is 4.79 Å². The van der Waals surface area contributed by atoms with Crippen LogP contribution in [0.15, 0.2) is 18.2 Å². The van der Waals surface area contributed by atoms with E-state index in [4.69, 9.17) is 23.2 Å². The van der Waals surface area contributed by atoms with Gasteiger partial charge in [-0.05, 0) is 18.2 Å². The van der Waals surface area contributed by atoms with E-state index in [1.807, 2.05) is 0 Å². The van der Waals surface area contributed by atoms with Gasteiger partial charge in [-0.2, -0.15) is 0 Å². The number of halogens is 2. The second-order valence-electron chi connectivity index (χ2n) is 3.05. The van der Waals surface area contributed by atoms with Crippen molar-refractivity contribution in [1.29, 1.82) is 0 Å². The molecule has 1 aromatic rings. The Morgan fingerprint density at radius 1 is 1.38 bits per heavy atom. The maximum absolute atomic E-state index is 11.6. The van der Waals surface area contributed by atoms with Gasteiger partial charge in [0.25, 0.3) is 0 Å². The largest absolute Gasteiger partial charge is 0.465 e. The molecule has 0 heterocycles. The summed E-state index contributed by atoms with van der Waals surface area (Å²) in [6.45, 7) is 0. The predicted octanol–water partition coefficient (Wildman–Crippen LogP) is 2.94. The van der Waals surface area contributed by atoms with E-state index in [1.165, 1.54) is 25.3 Å². The number of alkyl halides is 1. The Kier molecular flexibility index (Phi) is 4.77. The number of ketones is 1. The van der Waals surface area contributed by atoms with Crippen LogP contribution in [0.4, 0.5) is 0 Å². The summed E-state index contributed by atoms with van der Waals surface area (Å²) in [5.74, 6) is -0.472. The highest BCUT2D eigenvalue weighted by Gasteiger charge is 2.13. The van der Waals surface area contributed by atoms with Crippen LogP contribution in [-0.4, -0.2) is 24.7 Å². The lowest BCUT2D eigenvalue weighted by Gasteiger charge is -2.04. The van der Waals surface area contributed by atoms with E-state index in [1.54, 1.807) is 0 Å². The lowest BCUT2D eigenvalue weighted by molar-refractivity contribution is 0.0600. The van der Waals surface area contributed by atoms with E-state index >= 15 is 0 Å². The molecule has 0 unspecified atom stereocenters. The van der Waals surface area contributed by atoms with Gasteiger partial charge in [0.2, 0.25) is 0 Å². The van der Waals surface area contributed by atoms with Crippen molar-refractivity contribution in [3.8, 4) is 0 Å². The van der Waals surface area contributed by atoms with E-state index in [2.05, 4.69) is 4.74 Å². The second kappa shape index (κ2) is 5.87. The molecule has 1 rings (SSSR count). The first-order valence-electron chi connectivity index (χ1n) is 4.57. The lowest BCUT2D eigenvalue weighted by atomic mass is 10.1. The molecule has 5 heteroatoms. The van der Waals surface area contributed by atoms with Crippen molar-refractivity contribution < 1.29 is 14.3 Å².